The molecular formula is C16H21N5O. The summed E-state index contributed by atoms with van der Waals surface area (Å²) in [6.07, 6.45) is 5.39. The maximum absolute atomic E-state index is 12.2. The first kappa shape index (κ1) is 14.7. The number of rotatable bonds is 5. The average Bonchev–Trinajstić information content (AvgIpc) is 3.20. The summed E-state index contributed by atoms with van der Waals surface area (Å²) >= 11 is 0. The minimum atomic E-state index is -0.0146. The highest BCUT2D eigenvalue weighted by atomic mass is 16.1. The Kier molecular flexibility index (Phi) is 4.48. The van der Waals surface area contributed by atoms with Crippen LogP contribution in [-0.4, -0.2) is 40.3 Å². The lowest BCUT2D eigenvalue weighted by atomic mass is 10.0. The van der Waals surface area contributed by atoms with Gasteiger partial charge in [-0.05, 0) is 62.5 Å². The minimum absolute atomic E-state index is 0.0146. The van der Waals surface area contributed by atoms with E-state index in [1.165, 1.54) is 12.7 Å². The summed E-state index contributed by atoms with van der Waals surface area (Å²) in [6.45, 7) is 4.87. The van der Waals surface area contributed by atoms with Gasteiger partial charge in [-0.2, -0.15) is 5.10 Å². The molecule has 1 aliphatic rings. The van der Waals surface area contributed by atoms with E-state index in [2.05, 4.69) is 20.7 Å². The van der Waals surface area contributed by atoms with Crippen LogP contribution in [0.5, 0.6) is 0 Å². The van der Waals surface area contributed by atoms with Crippen molar-refractivity contribution in [2.24, 2.45) is 5.92 Å². The first-order chi connectivity index (χ1) is 10.7. The molecule has 6 nitrogen and oxygen atoms in total. The summed E-state index contributed by atoms with van der Waals surface area (Å²) in [5.41, 5.74) is 2.62. The van der Waals surface area contributed by atoms with Gasteiger partial charge in [0, 0.05) is 12.1 Å². The van der Waals surface area contributed by atoms with Crippen LogP contribution >= 0.6 is 0 Å². The molecule has 2 N–H and O–H groups in total. The molecule has 3 rings (SSSR count). The normalized spacial score (nSPS) is 17.6. The van der Waals surface area contributed by atoms with E-state index in [0.717, 1.165) is 37.3 Å². The Bertz CT molecular complexity index is 632. The zero-order chi connectivity index (χ0) is 15.4. The highest BCUT2D eigenvalue weighted by molar-refractivity contribution is 5.94. The second-order valence-corrected chi connectivity index (χ2v) is 5.74. The number of carbonyl (C=O) groups excluding carboxylic acids is 1. The van der Waals surface area contributed by atoms with Crippen LogP contribution in [0.1, 0.15) is 28.8 Å². The van der Waals surface area contributed by atoms with Crippen LogP contribution in [0.2, 0.25) is 0 Å². The van der Waals surface area contributed by atoms with E-state index in [1.807, 2.05) is 25.1 Å². The van der Waals surface area contributed by atoms with Gasteiger partial charge >= 0.3 is 0 Å². The van der Waals surface area contributed by atoms with E-state index in [1.54, 1.807) is 11.0 Å². The number of nitrogens with one attached hydrogen (secondary N) is 2. The van der Waals surface area contributed by atoms with Crippen molar-refractivity contribution in [3.63, 3.8) is 0 Å². The number of hydrogen-bond acceptors (Lipinski definition) is 4. The van der Waals surface area contributed by atoms with Crippen LogP contribution in [0.3, 0.4) is 0 Å². The van der Waals surface area contributed by atoms with Gasteiger partial charge in [0.2, 0.25) is 0 Å². The van der Waals surface area contributed by atoms with Gasteiger partial charge in [0.15, 0.2) is 0 Å². The van der Waals surface area contributed by atoms with Gasteiger partial charge in [0.25, 0.3) is 5.91 Å². The Hall–Kier alpha value is -2.21. The summed E-state index contributed by atoms with van der Waals surface area (Å²) in [7, 11) is 0. The quantitative estimate of drug-likeness (QED) is 0.873. The van der Waals surface area contributed by atoms with Crippen LogP contribution in [0.15, 0.2) is 30.9 Å². The van der Waals surface area contributed by atoms with E-state index in [4.69, 9.17) is 0 Å². The fraction of sp³-hybridized carbons (Fsp3) is 0.438. The van der Waals surface area contributed by atoms with Crippen molar-refractivity contribution in [2.75, 3.05) is 19.6 Å². The Morgan fingerprint density at radius 2 is 2.41 bits per heavy atom. The minimum Gasteiger partial charge on any atom is -0.352 e. The molecule has 1 fully saturated rings. The number of aryl methyl sites for hydroxylation is 1. The third-order valence-electron chi connectivity index (χ3n) is 4.13. The van der Waals surface area contributed by atoms with Crippen molar-refractivity contribution in [3.8, 4) is 5.69 Å². The lowest BCUT2D eigenvalue weighted by Gasteiger charge is -2.11. The third kappa shape index (κ3) is 3.33. The van der Waals surface area contributed by atoms with Crippen molar-refractivity contribution in [1.82, 2.24) is 25.4 Å². The number of amides is 1. The molecule has 0 saturated carbocycles. The van der Waals surface area contributed by atoms with E-state index in [9.17, 15) is 4.79 Å². The third-order valence-corrected chi connectivity index (χ3v) is 4.13. The Morgan fingerprint density at radius 3 is 3.09 bits per heavy atom. The summed E-state index contributed by atoms with van der Waals surface area (Å²) in [6, 6.07) is 5.62. The highest BCUT2D eigenvalue weighted by Crippen LogP contribution is 2.15. The van der Waals surface area contributed by atoms with Crippen LogP contribution in [-0.2, 0) is 0 Å². The molecule has 116 valence electrons. The second-order valence-electron chi connectivity index (χ2n) is 5.74. The standard InChI is InChI=1S/C16H21N5O/c1-12-8-14(2-3-15(12)21-11-18-10-20-21)16(22)19-7-5-13-4-6-17-9-13/h2-3,8,10-11,13,17H,4-7,9H2,1H3,(H,19,22). The van der Waals surface area contributed by atoms with E-state index in [0.29, 0.717) is 11.5 Å². The molecule has 1 saturated heterocycles. The summed E-state index contributed by atoms with van der Waals surface area (Å²) < 4.78 is 1.70. The molecule has 1 unspecified atom stereocenters. The van der Waals surface area contributed by atoms with Gasteiger partial charge in [-0.25, -0.2) is 9.67 Å². The molecule has 1 atom stereocenters. The molecular weight excluding hydrogens is 278 g/mol. The van der Waals surface area contributed by atoms with Gasteiger partial charge in [0.05, 0.1) is 5.69 Å². The predicted octanol–water partition coefficient (Wildman–Crippen LogP) is 1.31. The fourth-order valence-electron chi connectivity index (χ4n) is 2.84. The molecule has 0 spiro atoms. The average molecular weight is 299 g/mol. The van der Waals surface area contributed by atoms with Crippen molar-refractivity contribution >= 4 is 5.91 Å². The molecule has 1 amide bonds. The lowest BCUT2D eigenvalue weighted by molar-refractivity contribution is 0.0951. The Labute approximate surface area is 129 Å². The Morgan fingerprint density at radius 1 is 1.50 bits per heavy atom. The van der Waals surface area contributed by atoms with Crippen molar-refractivity contribution in [1.29, 1.82) is 0 Å². The van der Waals surface area contributed by atoms with Crippen LogP contribution < -0.4 is 10.6 Å². The zero-order valence-electron chi connectivity index (χ0n) is 12.7. The molecule has 2 aromatic rings. The highest BCUT2D eigenvalue weighted by Gasteiger charge is 2.14. The number of benzene rings is 1. The van der Waals surface area contributed by atoms with Crippen molar-refractivity contribution in [3.05, 3.63) is 42.0 Å². The molecule has 0 aliphatic carbocycles. The molecule has 1 aliphatic heterocycles. The molecule has 22 heavy (non-hydrogen) atoms. The molecule has 0 bridgehead atoms. The predicted molar refractivity (Wildman–Crippen MR) is 84.0 cm³/mol. The van der Waals surface area contributed by atoms with Crippen molar-refractivity contribution in [2.45, 2.75) is 19.8 Å². The van der Waals surface area contributed by atoms with Crippen LogP contribution in [0.25, 0.3) is 5.69 Å². The molecule has 6 heteroatoms. The maximum Gasteiger partial charge on any atom is 0.251 e. The Balaban J connectivity index is 1.59. The van der Waals surface area contributed by atoms with E-state index in [-0.39, 0.29) is 5.91 Å². The summed E-state index contributed by atoms with van der Waals surface area (Å²) in [5, 5.41) is 10.5. The maximum atomic E-state index is 12.2. The summed E-state index contributed by atoms with van der Waals surface area (Å²) in [4.78, 5) is 16.1. The zero-order valence-corrected chi connectivity index (χ0v) is 12.7. The molecule has 0 radical (unpaired) electrons. The molecule has 1 aromatic heterocycles. The lowest BCUT2D eigenvalue weighted by Crippen LogP contribution is -2.26. The number of hydrogen-bond donors (Lipinski definition) is 2. The monoisotopic (exact) mass is 299 g/mol. The van der Waals surface area contributed by atoms with Crippen LogP contribution in [0.4, 0.5) is 0 Å². The van der Waals surface area contributed by atoms with Crippen LogP contribution in [0, 0.1) is 12.8 Å². The number of carbonyl (C=O) groups is 1. The van der Waals surface area contributed by atoms with Gasteiger partial charge in [0.1, 0.15) is 12.7 Å². The second kappa shape index (κ2) is 6.70. The largest absolute Gasteiger partial charge is 0.352 e. The van der Waals surface area contributed by atoms with E-state index < -0.39 is 0 Å². The first-order valence-corrected chi connectivity index (χ1v) is 7.68. The number of aromatic nitrogens is 3. The summed E-state index contributed by atoms with van der Waals surface area (Å²) in [5.74, 6) is 0.677. The number of nitrogens with zero attached hydrogens (tertiary/aromatic N) is 3. The van der Waals surface area contributed by atoms with Gasteiger partial charge in [-0.15, -0.1) is 0 Å². The smallest absolute Gasteiger partial charge is 0.251 e. The SMILES string of the molecule is Cc1cc(C(=O)NCCC2CCNC2)ccc1-n1cncn1. The van der Waals surface area contributed by atoms with E-state index >= 15 is 0 Å². The topological polar surface area (TPSA) is 71.8 Å². The van der Waals surface area contributed by atoms with Gasteiger partial charge in [-0.1, -0.05) is 0 Å². The molecule has 2 heterocycles. The van der Waals surface area contributed by atoms with Crippen molar-refractivity contribution < 1.29 is 4.79 Å². The fourth-order valence-corrected chi connectivity index (χ4v) is 2.84. The van der Waals surface area contributed by atoms with Gasteiger partial charge < -0.3 is 10.6 Å². The molecule has 1 aromatic carbocycles. The first-order valence-electron chi connectivity index (χ1n) is 7.68. The van der Waals surface area contributed by atoms with Gasteiger partial charge in [-0.3, -0.25) is 4.79 Å².